The average Bonchev–Trinajstić information content (AvgIpc) is 2.89. The van der Waals surface area contributed by atoms with E-state index in [-0.39, 0.29) is 29.5 Å². The van der Waals surface area contributed by atoms with Crippen LogP contribution in [0.5, 0.6) is 0 Å². The summed E-state index contributed by atoms with van der Waals surface area (Å²) >= 11 is 0. The maximum atomic E-state index is 13.8. The van der Waals surface area contributed by atoms with E-state index in [9.17, 15) is 26.8 Å². The van der Waals surface area contributed by atoms with Crippen LogP contribution in [0.3, 0.4) is 0 Å². The first kappa shape index (κ1) is 28.8. The number of rotatable bonds is 11. The Balaban J connectivity index is 2.04. The largest absolute Gasteiger partial charge is 0.355 e. The summed E-state index contributed by atoms with van der Waals surface area (Å²) in [6.07, 6.45) is 0.264. The van der Waals surface area contributed by atoms with Crippen molar-refractivity contribution in [2.24, 2.45) is 0 Å². The van der Waals surface area contributed by atoms with Crippen molar-refractivity contribution in [2.45, 2.75) is 44.7 Å². The lowest BCUT2D eigenvalue weighted by atomic mass is 10.1. The smallest absolute Gasteiger partial charge is 0.264 e. The molecule has 3 aromatic rings. The first-order valence-electron chi connectivity index (χ1n) is 12.2. The van der Waals surface area contributed by atoms with Crippen molar-refractivity contribution in [1.82, 2.24) is 10.2 Å². The number of likely N-dealkylation sites (N-methyl/N-ethyl adjacent to an activating group) is 1. The molecule has 0 aliphatic heterocycles. The van der Waals surface area contributed by atoms with Crippen molar-refractivity contribution < 1.29 is 26.8 Å². The van der Waals surface area contributed by atoms with Crippen LogP contribution in [0.4, 0.5) is 14.5 Å². The lowest BCUT2D eigenvalue weighted by Gasteiger charge is -2.33. The molecule has 0 fully saturated rings. The number of hydrogen-bond acceptors (Lipinski definition) is 4. The Bertz CT molecular complexity index is 1350. The molecule has 10 heteroatoms. The van der Waals surface area contributed by atoms with Gasteiger partial charge in [0.05, 0.1) is 10.6 Å². The predicted octanol–water partition coefficient (Wildman–Crippen LogP) is 4.41. The zero-order valence-corrected chi connectivity index (χ0v) is 22.3. The minimum absolute atomic E-state index is 0.0407. The third kappa shape index (κ3) is 6.95. The Morgan fingerprint density at radius 1 is 0.868 bits per heavy atom. The monoisotopic (exact) mass is 543 g/mol. The lowest BCUT2D eigenvalue weighted by Crippen LogP contribution is -2.52. The van der Waals surface area contributed by atoms with E-state index in [0.717, 1.165) is 22.0 Å². The van der Waals surface area contributed by atoms with Gasteiger partial charge in [-0.2, -0.15) is 0 Å². The summed E-state index contributed by atoms with van der Waals surface area (Å²) in [6, 6.07) is 15.5. The normalized spacial score (nSPS) is 12.0. The van der Waals surface area contributed by atoms with Gasteiger partial charge in [0.15, 0.2) is 0 Å². The zero-order valence-electron chi connectivity index (χ0n) is 21.5. The van der Waals surface area contributed by atoms with Gasteiger partial charge in [0.1, 0.15) is 24.2 Å². The lowest BCUT2D eigenvalue weighted by molar-refractivity contribution is -0.140. The van der Waals surface area contributed by atoms with Crippen molar-refractivity contribution in [1.29, 1.82) is 0 Å². The molecule has 0 saturated heterocycles. The summed E-state index contributed by atoms with van der Waals surface area (Å²) < 4.78 is 55.5. The maximum absolute atomic E-state index is 13.8. The van der Waals surface area contributed by atoms with Gasteiger partial charge >= 0.3 is 0 Å². The molecule has 0 aliphatic carbocycles. The fourth-order valence-electron chi connectivity index (χ4n) is 3.97. The van der Waals surface area contributed by atoms with Crippen LogP contribution < -0.4 is 9.62 Å². The molecule has 38 heavy (non-hydrogen) atoms. The van der Waals surface area contributed by atoms with Crippen molar-refractivity contribution in [3.8, 4) is 0 Å². The second-order valence-electron chi connectivity index (χ2n) is 8.77. The van der Waals surface area contributed by atoms with Crippen LogP contribution in [0.1, 0.15) is 31.4 Å². The maximum Gasteiger partial charge on any atom is 0.264 e. The van der Waals surface area contributed by atoms with Gasteiger partial charge in [-0.05, 0) is 74.4 Å². The van der Waals surface area contributed by atoms with Crippen molar-refractivity contribution in [3.05, 3.63) is 95.6 Å². The molecule has 0 heterocycles. The summed E-state index contributed by atoms with van der Waals surface area (Å²) in [5, 5.41) is 2.71. The zero-order chi connectivity index (χ0) is 27.9. The van der Waals surface area contributed by atoms with Crippen LogP contribution in [-0.4, -0.2) is 44.3 Å². The van der Waals surface area contributed by atoms with E-state index in [2.05, 4.69) is 5.32 Å². The molecule has 0 spiro atoms. The molecule has 3 rings (SSSR count). The number of nitrogens with one attached hydrogen (secondary N) is 1. The predicted molar refractivity (Wildman–Crippen MR) is 142 cm³/mol. The molecule has 1 atom stereocenters. The number of carbonyl (C=O) groups excluding carboxylic acids is 2. The van der Waals surface area contributed by atoms with Gasteiger partial charge in [-0.3, -0.25) is 13.9 Å². The number of aryl methyl sites for hydroxylation is 1. The third-order valence-corrected chi connectivity index (χ3v) is 7.79. The first-order chi connectivity index (χ1) is 18.1. The van der Waals surface area contributed by atoms with Gasteiger partial charge in [0, 0.05) is 13.1 Å². The molecule has 202 valence electrons. The van der Waals surface area contributed by atoms with E-state index in [1.54, 1.807) is 26.0 Å². The molecule has 0 radical (unpaired) electrons. The Morgan fingerprint density at radius 3 is 1.95 bits per heavy atom. The Morgan fingerprint density at radius 2 is 1.42 bits per heavy atom. The fourth-order valence-corrected chi connectivity index (χ4v) is 5.39. The molecule has 0 bridgehead atoms. The Labute approximate surface area is 222 Å². The van der Waals surface area contributed by atoms with Gasteiger partial charge in [-0.15, -0.1) is 0 Å². The van der Waals surface area contributed by atoms with Crippen molar-refractivity contribution in [2.75, 3.05) is 17.4 Å². The molecular formula is C28H31F2N3O4S. The number of nitrogens with zero attached hydrogens (tertiary/aromatic N) is 2. The van der Waals surface area contributed by atoms with Crippen LogP contribution in [0.15, 0.2) is 77.7 Å². The minimum atomic E-state index is -4.24. The van der Waals surface area contributed by atoms with E-state index in [4.69, 9.17) is 0 Å². The topological polar surface area (TPSA) is 86.8 Å². The Kier molecular flexibility index (Phi) is 9.57. The van der Waals surface area contributed by atoms with Crippen LogP contribution in [0.2, 0.25) is 0 Å². The average molecular weight is 544 g/mol. The summed E-state index contributed by atoms with van der Waals surface area (Å²) in [4.78, 5) is 27.9. The molecular weight excluding hydrogens is 512 g/mol. The summed E-state index contributed by atoms with van der Waals surface area (Å²) in [7, 11) is -4.24. The van der Waals surface area contributed by atoms with E-state index >= 15 is 0 Å². The molecule has 1 unspecified atom stereocenters. The van der Waals surface area contributed by atoms with Crippen molar-refractivity contribution in [3.63, 3.8) is 0 Å². The first-order valence-corrected chi connectivity index (χ1v) is 13.7. The number of carbonyl (C=O) groups is 2. The number of amides is 2. The van der Waals surface area contributed by atoms with Gasteiger partial charge in [-0.25, -0.2) is 17.2 Å². The number of anilines is 1. The van der Waals surface area contributed by atoms with E-state index in [1.165, 1.54) is 53.4 Å². The summed E-state index contributed by atoms with van der Waals surface area (Å²) in [6.45, 7) is 4.97. The minimum Gasteiger partial charge on any atom is -0.355 e. The van der Waals surface area contributed by atoms with Gasteiger partial charge in [0.25, 0.3) is 10.0 Å². The molecule has 0 aromatic heterocycles. The van der Waals surface area contributed by atoms with Gasteiger partial charge in [0.2, 0.25) is 11.8 Å². The number of sulfonamides is 1. The van der Waals surface area contributed by atoms with E-state index in [1.807, 2.05) is 6.92 Å². The second-order valence-corrected chi connectivity index (χ2v) is 10.6. The highest BCUT2D eigenvalue weighted by Gasteiger charge is 2.33. The van der Waals surface area contributed by atoms with Crippen LogP contribution in [0, 0.1) is 18.6 Å². The van der Waals surface area contributed by atoms with Gasteiger partial charge in [-0.1, -0.05) is 36.8 Å². The molecule has 3 aromatic carbocycles. The van der Waals surface area contributed by atoms with Crippen LogP contribution >= 0.6 is 0 Å². The standard InChI is InChI=1S/C28H31F2N3O4S/c1-4-26(28(35)31-5-2)32(18-21-8-10-22(29)11-9-21)27(34)19-33(24-14-12-23(30)13-15-24)38(36,37)25-16-6-20(3)7-17-25/h6-17,26H,4-5,18-19H2,1-3H3,(H,31,35). The SMILES string of the molecule is CCNC(=O)C(CC)N(Cc1ccc(F)cc1)C(=O)CN(c1ccc(F)cc1)S(=O)(=O)c1ccc(C)cc1. The summed E-state index contributed by atoms with van der Waals surface area (Å²) in [5.74, 6) is -2.05. The third-order valence-electron chi connectivity index (χ3n) is 6.01. The highest BCUT2D eigenvalue weighted by Crippen LogP contribution is 2.25. The quantitative estimate of drug-likeness (QED) is 0.388. The van der Waals surface area contributed by atoms with E-state index in [0.29, 0.717) is 12.1 Å². The number of hydrogen-bond donors (Lipinski definition) is 1. The highest BCUT2D eigenvalue weighted by molar-refractivity contribution is 7.92. The molecule has 7 nitrogen and oxygen atoms in total. The molecule has 2 amide bonds. The highest BCUT2D eigenvalue weighted by atomic mass is 32.2. The van der Waals surface area contributed by atoms with Crippen molar-refractivity contribution >= 4 is 27.5 Å². The Hall–Kier alpha value is -3.79. The summed E-state index contributed by atoms with van der Waals surface area (Å²) in [5.41, 5.74) is 1.51. The van der Waals surface area contributed by atoms with Crippen LogP contribution in [0.25, 0.3) is 0 Å². The fraction of sp³-hybridized carbons (Fsp3) is 0.286. The van der Waals surface area contributed by atoms with E-state index < -0.39 is 40.2 Å². The van der Waals surface area contributed by atoms with Gasteiger partial charge < -0.3 is 10.2 Å². The molecule has 0 saturated carbocycles. The second kappa shape index (κ2) is 12.6. The molecule has 1 N–H and O–H groups in total. The molecule has 0 aliphatic rings. The number of benzene rings is 3. The number of halogens is 2. The van der Waals surface area contributed by atoms with Crippen LogP contribution in [-0.2, 0) is 26.2 Å².